The number of aryl methyl sites for hydroxylation is 2. The highest BCUT2D eigenvalue weighted by Gasteiger charge is 2.22. The molecular formula is C22H26N6OS2. The molecule has 1 aromatic carbocycles. The Kier molecular flexibility index (Phi) is 7.03. The summed E-state index contributed by atoms with van der Waals surface area (Å²) in [6.07, 6.45) is 2.75. The van der Waals surface area contributed by atoms with Crippen LogP contribution in [0.1, 0.15) is 18.1 Å². The third-order valence-electron chi connectivity index (χ3n) is 5.30. The zero-order chi connectivity index (χ0) is 21.6. The van der Waals surface area contributed by atoms with Gasteiger partial charge in [-0.2, -0.15) is 0 Å². The smallest absolute Gasteiger partial charge is 0.233 e. The number of carbonyl (C=O) groups is 1. The van der Waals surface area contributed by atoms with Crippen molar-refractivity contribution in [3.63, 3.8) is 0 Å². The minimum atomic E-state index is 0.141. The van der Waals surface area contributed by atoms with Crippen LogP contribution >= 0.6 is 23.1 Å². The molecule has 0 bridgehead atoms. The maximum absolute atomic E-state index is 12.7. The minimum Gasteiger partial charge on any atom is -0.353 e. The van der Waals surface area contributed by atoms with Crippen LogP contribution in [0.25, 0.3) is 0 Å². The van der Waals surface area contributed by atoms with Gasteiger partial charge in [-0.3, -0.25) is 4.79 Å². The number of nitrogens with one attached hydrogen (secondary N) is 1. The van der Waals surface area contributed by atoms with E-state index in [0.29, 0.717) is 18.8 Å². The van der Waals surface area contributed by atoms with Crippen molar-refractivity contribution in [2.24, 2.45) is 0 Å². The van der Waals surface area contributed by atoms with Gasteiger partial charge >= 0.3 is 0 Å². The van der Waals surface area contributed by atoms with Crippen LogP contribution in [0.15, 0.2) is 46.9 Å². The third-order valence-corrected chi connectivity index (χ3v) is 7.26. The van der Waals surface area contributed by atoms with Gasteiger partial charge in [0, 0.05) is 38.1 Å². The Morgan fingerprint density at radius 3 is 2.71 bits per heavy atom. The molecule has 1 aliphatic rings. The number of benzene rings is 1. The highest BCUT2D eigenvalue weighted by molar-refractivity contribution is 8.01. The molecule has 1 N–H and O–H groups in total. The van der Waals surface area contributed by atoms with E-state index in [0.717, 1.165) is 40.5 Å². The first kappa shape index (κ1) is 21.6. The van der Waals surface area contributed by atoms with Gasteiger partial charge < -0.3 is 15.1 Å². The summed E-state index contributed by atoms with van der Waals surface area (Å²) in [6.45, 7) is 7.26. The first-order chi connectivity index (χ1) is 15.1. The summed E-state index contributed by atoms with van der Waals surface area (Å²) in [6, 6.07) is 12.2. The molecule has 1 saturated heterocycles. The van der Waals surface area contributed by atoms with Crippen molar-refractivity contribution < 1.29 is 4.79 Å². The Morgan fingerprint density at radius 2 is 1.97 bits per heavy atom. The molecule has 0 unspecified atom stereocenters. The zero-order valence-corrected chi connectivity index (χ0v) is 19.4. The molecule has 0 saturated carbocycles. The molecule has 7 nitrogen and oxygen atoms in total. The fraction of sp³-hybridized carbons (Fsp3) is 0.364. The van der Waals surface area contributed by atoms with Crippen LogP contribution in [0.2, 0.25) is 0 Å². The van der Waals surface area contributed by atoms with Crippen molar-refractivity contribution in [3.8, 4) is 0 Å². The molecule has 1 amide bonds. The number of piperazine rings is 1. The van der Waals surface area contributed by atoms with Crippen LogP contribution in [0, 0.1) is 6.92 Å². The third kappa shape index (κ3) is 5.34. The highest BCUT2D eigenvalue weighted by Crippen LogP contribution is 2.30. The van der Waals surface area contributed by atoms with Crippen LogP contribution in [-0.2, 0) is 11.2 Å². The van der Waals surface area contributed by atoms with E-state index in [1.54, 1.807) is 6.20 Å². The predicted octanol–water partition coefficient (Wildman–Crippen LogP) is 3.99. The topological polar surface area (TPSA) is 74.2 Å². The van der Waals surface area contributed by atoms with Crippen molar-refractivity contribution in [2.45, 2.75) is 24.6 Å². The molecule has 0 atom stereocenters. The van der Waals surface area contributed by atoms with E-state index in [2.05, 4.69) is 57.4 Å². The summed E-state index contributed by atoms with van der Waals surface area (Å²) < 4.78 is 0.801. The van der Waals surface area contributed by atoms with Crippen LogP contribution in [0.4, 0.5) is 16.6 Å². The van der Waals surface area contributed by atoms with E-state index >= 15 is 0 Å². The molecule has 0 aliphatic carbocycles. The second kappa shape index (κ2) is 10.1. The number of pyridine rings is 1. The normalized spacial score (nSPS) is 14.0. The molecule has 9 heteroatoms. The first-order valence-electron chi connectivity index (χ1n) is 10.4. The first-order valence-corrected chi connectivity index (χ1v) is 12.2. The Balaban J connectivity index is 1.28. The molecule has 1 aliphatic heterocycles. The molecule has 162 valence electrons. The monoisotopic (exact) mass is 454 g/mol. The van der Waals surface area contributed by atoms with E-state index in [-0.39, 0.29) is 5.91 Å². The average Bonchev–Trinajstić information content (AvgIpc) is 3.27. The number of nitrogens with zero attached hydrogens (tertiary/aromatic N) is 5. The van der Waals surface area contributed by atoms with Gasteiger partial charge in [0.15, 0.2) is 4.34 Å². The van der Waals surface area contributed by atoms with Gasteiger partial charge in [-0.25, -0.2) is 4.98 Å². The lowest BCUT2D eigenvalue weighted by molar-refractivity contribution is -0.128. The maximum Gasteiger partial charge on any atom is 0.233 e. The summed E-state index contributed by atoms with van der Waals surface area (Å²) >= 11 is 2.94. The van der Waals surface area contributed by atoms with E-state index in [9.17, 15) is 4.79 Å². The van der Waals surface area contributed by atoms with Crippen molar-refractivity contribution in [1.82, 2.24) is 20.1 Å². The number of hydrogen-bond acceptors (Lipinski definition) is 8. The second-order valence-electron chi connectivity index (χ2n) is 7.31. The van der Waals surface area contributed by atoms with Gasteiger partial charge in [0.25, 0.3) is 0 Å². The quantitative estimate of drug-likeness (QED) is 0.541. The maximum atomic E-state index is 12.7. The van der Waals surface area contributed by atoms with Crippen LogP contribution in [-0.4, -0.2) is 57.9 Å². The Hall–Kier alpha value is -2.65. The summed E-state index contributed by atoms with van der Waals surface area (Å²) in [5.41, 5.74) is 3.53. The summed E-state index contributed by atoms with van der Waals surface area (Å²) in [5.74, 6) is 1.49. The molecule has 3 heterocycles. The van der Waals surface area contributed by atoms with Crippen molar-refractivity contribution in [2.75, 3.05) is 42.1 Å². The molecular weight excluding hydrogens is 428 g/mol. The number of hydrogen-bond donors (Lipinski definition) is 1. The number of carbonyl (C=O) groups excluding carboxylic acids is 1. The zero-order valence-electron chi connectivity index (χ0n) is 17.7. The van der Waals surface area contributed by atoms with Gasteiger partial charge in [0.1, 0.15) is 5.82 Å². The van der Waals surface area contributed by atoms with E-state index in [1.165, 1.54) is 34.2 Å². The van der Waals surface area contributed by atoms with Gasteiger partial charge in [-0.1, -0.05) is 54.3 Å². The number of aromatic nitrogens is 3. The van der Waals surface area contributed by atoms with Gasteiger partial charge in [0.2, 0.25) is 11.0 Å². The van der Waals surface area contributed by atoms with Crippen molar-refractivity contribution >= 4 is 45.6 Å². The number of anilines is 3. The van der Waals surface area contributed by atoms with E-state index in [4.69, 9.17) is 0 Å². The van der Waals surface area contributed by atoms with Crippen LogP contribution in [0.5, 0.6) is 0 Å². The average molecular weight is 455 g/mol. The number of thioether (sulfide) groups is 1. The van der Waals surface area contributed by atoms with Crippen LogP contribution in [0.3, 0.4) is 0 Å². The van der Waals surface area contributed by atoms with Gasteiger partial charge in [0.05, 0.1) is 5.75 Å². The molecule has 1 fully saturated rings. The number of amides is 1. The van der Waals surface area contributed by atoms with Crippen molar-refractivity contribution in [1.29, 1.82) is 0 Å². The van der Waals surface area contributed by atoms with Crippen LogP contribution < -0.4 is 10.2 Å². The predicted molar refractivity (Wildman–Crippen MR) is 128 cm³/mol. The van der Waals surface area contributed by atoms with Crippen molar-refractivity contribution in [3.05, 3.63) is 53.7 Å². The molecule has 0 radical (unpaired) electrons. The second-order valence-corrected chi connectivity index (χ2v) is 9.51. The largest absolute Gasteiger partial charge is 0.353 e. The standard InChI is InChI=1S/C22H26N6OS2/c1-3-17-8-6-7-16(2)20(17)24-21-25-26-22(31-21)30-15-19(29)28-13-11-27(12-14-28)18-9-4-5-10-23-18/h4-10H,3,11-15H2,1-2H3,(H,24,25). The molecule has 2 aromatic heterocycles. The molecule has 4 rings (SSSR count). The number of rotatable bonds is 7. The van der Waals surface area contributed by atoms with Gasteiger partial charge in [-0.05, 0) is 36.6 Å². The van der Waals surface area contributed by atoms with Gasteiger partial charge in [-0.15, -0.1) is 10.2 Å². The molecule has 0 spiro atoms. The lowest BCUT2D eigenvalue weighted by Gasteiger charge is -2.35. The minimum absolute atomic E-state index is 0.141. The summed E-state index contributed by atoms with van der Waals surface area (Å²) in [5, 5.41) is 12.7. The SMILES string of the molecule is CCc1cccc(C)c1Nc1nnc(SCC(=O)N2CCN(c3ccccn3)CC2)s1. The lowest BCUT2D eigenvalue weighted by atomic mass is 10.1. The Labute approximate surface area is 190 Å². The number of para-hydroxylation sites is 1. The summed E-state index contributed by atoms with van der Waals surface area (Å²) in [4.78, 5) is 21.2. The molecule has 31 heavy (non-hydrogen) atoms. The highest BCUT2D eigenvalue weighted by atomic mass is 32.2. The fourth-order valence-corrected chi connectivity index (χ4v) is 5.23. The Morgan fingerprint density at radius 1 is 1.13 bits per heavy atom. The summed E-state index contributed by atoms with van der Waals surface area (Å²) in [7, 11) is 0. The molecule has 3 aromatic rings. The van der Waals surface area contributed by atoms with E-state index < -0.39 is 0 Å². The van der Waals surface area contributed by atoms with E-state index in [1.807, 2.05) is 23.1 Å². The fourth-order valence-electron chi connectivity index (χ4n) is 3.57. The Bertz CT molecular complexity index is 1020. The lowest BCUT2D eigenvalue weighted by Crippen LogP contribution is -2.49.